The predicted molar refractivity (Wildman–Crippen MR) is 86.2 cm³/mol. The molecule has 1 aromatic heterocycles. The van der Waals surface area contributed by atoms with Gasteiger partial charge in [0.05, 0.1) is 11.1 Å². The van der Waals surface area contributed by atoms with Crippen LogP contribution >= 0.6 is 27.5 Å². The van der Waals surface area contributed by atoms with Gasteiger partial charge < -0.3 is 0 Å². The lowest BCUT2D eigenvalue weighted by atomic mass is 10.2. The van der Waals surface area contributed by atoms with Crippen LogP contribution < -0.4 is 0 Å². The quantitative estimate of drug-likeness (QED) is 0.627. The molecule has 0 radical (unpaired) electrons. The second-order valence-corrected chi connectivity index (χ2v) is 5.76. The monoisotopic (exact) mass is 361 g/mol. The molecule has 3 rings (SSSR count). The van der Waals surface area contributed by atoms with Crippen molar-refractivity contribution in [3.05, 3.63) is 69.3 Å². The summed E-state index contributed by atoms with van der Waals surface area (Å²) >= 11 is 9.58. The van der Waals surface area contributed by atoms with Gasteiger partial charge in [-0.15, -0.1) is 0 Å². The molecule has 1 heterocycles. The van der Waals surface area contributed by atoms with E-state index in [1.54, 1.807) is 42.5 Å². The number of aldehydes is 1. The van der Waals surface area contributed by atoms with E-state index in [1.807, 2.05) is 6.07 Å². The molecule has 0 saturated carbocycles. The van der Waals surface area contributed by atoms with E-state index in [0.717, 1.165) is 4.47 Å². The summed E-state index contributed by atoms with van der Waals surface area (Å²) in [7, 11) is 0. The zero-order valence-corrected chi connectivity index (χ0v) is 13.1. The Morgan fingerprint density at radius 2 is 1.90 bits per heavy atom. The van der Waals surface area contributed by atoms with Gasteiger partial charge >= 0.3 is 0 Å². The summed E-state index contributed by atoms with van der Waals surface area (Å²) in [4.78, 5) is 24.0. The van der Waals surface area contributed by atoms with E-state index in [-0.39, 0.29) is 11.1 Å². The lowest BCUT2D eigenvalue weighted by Gasteiger charge is -2.06. The highest BCUT2D eigenvalue weighted by atomic mass is 79.9. The Labute approximate surface area is 134 Å². The van der Waals surface area contributed by atoms with Crippen LogP contribution in [0.25, 0.3) is 10.9 Å². The maximum Gasteiger partial charge on any atom is 0.263 e. The van der Waals surface area contributed by atoms with Crippen LogP contribution in [0.3, 0.4) is 0 Å². The van der Waals surface area contributed by atoms with Gasteiger partial charge in [0.2, 0.25) is 0 Å². The molecule has 0 spiro atoms. The topological polar surface area (TPSA) is 39.1 Å². The lowest BCUT2D eigenvalue weighted by Crippen LogP contribution is -2.12. The van der Waals surface area contributed by atoms with E-state index >= 15 is 0 Å². The first-order chi connectivity index (χ1) is 10.1. The average molecular weight is 363 g/mol. The standard InChI is InChI=1S/C16H9BrClNO2/c17-11-5-3-4-10(8-11)16(21)19-14-7-2-1-6-12(14)13(9-20)15(19)18/h1-9H. The van der Waals surface area contributed by atoms with Crippen LogP contribution in [0.2, 0.25) is 5.15 Å². The first-order valence-electron chi connectivity index (χ1n) is 6.18. The van der Waals surface area contributed by atoms with Crippen LogP contribution in [0, 0.1) is 0 Å². The SMILES string of the molecule is O=Cc1c(Cl)n(C(=O)c2cccc(Br)c2)c2ccccc12. The van der Waals surface area contributed by atoms with Gasteiger partial charge in [0, 0.05) is 15.4 Å². The van der Waals surface area contributed by atoms with Crippen molar-refractivity contribution in [1.29, 1.82) is 0 Å². The Bertz CT molecular complexity index is 870. The molecule has 0 unspecified atom stereocenters. The Morgan fingerprint density at radius 3 is 2.62 bits per heavy atom. The number of para-hydroxylation sites is 1. The van der Waals surface area contributed by atoms with Crippen molar-refractivity contribution in [2.24, 2.45) is 0 Å². The maximum atomic E-state index is 12.7. The minimum Gasteiger partial charge on any atom is -0.298 e. The number of halogens is 2. The first-order valence-corrected chi connectivity index (χ1v) is 7.35. The Hall–Kier alpha value is -1.91. The molecule has 0 aliphatic carbocycles. The first kappa shape index (κ1) is 14.0. The summed E-state index contributed by atoms with van der Waals surface area (Å²) in [5, 5.41) is 0.803. The van der Waals surface area contributed by atoms with E-state index in [4.69, 9.17) is 11.6 Å². The number of carbonyl (C=O) groups excluding carboxylic acids is 2. The van der Waals surface area contributed by atoms with Crippen LogP contribution in [0.1, 0.15) is 20.7 Å². The van der Waals surface area contributed by atoms with Gasteiger partial charge in [-0.25, -0.2) is 0 Å². The number of carbonyl (C=O) groups is 2. The van der Waals surface area contributed by atoms with Gasteiger partial charge in [0.15, 0.2) is 6.29 Å². The summed E-state index contributed by atoms with van der Waals surface area (Å²) in [5.41, 5.74) is 1.44. The van der Waals surface area contributed by atoms with Crippen molar-refractivity contribution >= 4 is 50.6 Å². The molecule has 0 bridgehead atoms. The number of aromatic nitrogens is 1. The number of hydrogen-bond donors (Lipinski definition) is 0. The van der Waals surface area contributed by atoms with E-state index in [9.17, 15) is 9.59 Å². The molecule has 0 aliphatic heterocycles. The molecule has 5 heteroatoms. The summed E-state index contributed by atoms with van der Waals surface area (Å²) in [6.45, 7) is 0. The third kappa shape index (κ3) is 2.30. The van der Waals surface area contributed by atoms with E-state index in [2.05, 4.69) is 15.9 Å². The number of hydrogen-bond acceptors (Lipinski definition) is 2. The van der Waals surface area contributed by atoms with Crippen LogP contribution in [-0.2, 0) is 0 Å². The van der Waals surface area contributed by atoms with Crippen molar-refractivity contribution < 1.29 is 9.59 Å². The molecule has 3 nitrogen and oxygen atoms in total. The highest BCUT2D eigenvalue weighted by Crippen LogP contribution is 2.29. The normalized spacial score (nSPS) is 10.8. The van der Waals surface area contributed by atoms with Crippen molar-refractivity contribution in [3.8, 4) is 0 Å². The zero-order chi connectivity index (χ0) is 15.0. The molecule has 3 aromatic rings. The number of rotatable bonds is 2. The third-order valence-electron chi connectivity index (χ3n) is 3.25. The van der Waals surface area contributed by atoms with E-state index < -0.39 is 0 Å². The molecule has 0 N–H and O–H groups in total. The molecule has 104 valence electrons. The second kappa shape index (κ2) is 5.47. The van der Waals surface area contributed by atoms with E-state index in [0.29, 0.717) is 28.3 Å². The highest BCUT2D eigenvalue weighted by molar-refractivity contribution is 9.10. The predicted octanol–water partition coefficient (Wildman–Crippen LogP) is 4.56. The third-order valence-corrected chi connectivity index (χ3v) is 4.11. The second-order valence-electron chi connectivity index (χ2n) is 4.49. The van der Waals surface area contributed by atoms with E-state index in [1.165, 1.54) is 4.57 Å². The fraction of sp³-hybridized carbons (Fsp3) is 0. The van der Waals surface area contributed by atoms with Crippen LogP contribution in [0.4, 0.5) is 0 Å². The van der Waals surface area contributed by atoms with Crippen LogP contribution in [-0.4, -0.2) is 16.8 Å². The van der Waals surface area contributed by atoms with Gasteiger partial charge in [-0.1, -0.05) is 51.8 Å². The van der Waals surface area contributed by atoms with Crippen molar-refractivity contribution in [3.63, 3.8) is 0 Å². The van der Waals surface area contributed by atoms with Crippen LogP contribution in [0.5, 0.6) is 0 Å². The molecule has 0 atom stereocenters. The highest BCUT2D eigenvalue weighted by Gasteiger charge is 2.20. The molecular formula is C16H9BrClNO2. The van der Waals surface area contributed by atoms with Gasteiger partial charge in [0.25, 0.3) is 5.91 Å². The van der Waals surface area contributed by atoms with Crippen molar-refractivity contribution in [2.75, 3.05) is 0 Å². The molecule has 0 aliphatic rings. The van der Waals surface area contributed by atoms with Crippen molar-refractivity contribution in [2.45, 2.75) is 0 Å². The summed E-state index contributed by atoms with van der Waals surface area (Å²) in [5.74, 6) is -0.273. The lowest BCUT2D eigenvalue weighted by molar-refractivity contribution is 0.0965. The van der Waals surface area contributed by atoms with Gasteiger partial charge in [-0.05, 0) is 24.3 Å². The smallest absolute Gasteiger partial charge is 0.263 e. The summed E-state index contributed by atoms with van der Waals surface area (Å²) in [6.07, 6.45) is 0.676. The molecule has 0 saturated heterocycles. The Morgan fingerprint density at radius 1 is 1.14 bits per heavy atom. The number of benzene rings is 2. The molecule has 2 aromatic carbocycles. The largest absolute Gasteiger partial charge is 0.298 e. The minimum absolute atomic E-state index is 0.135. The van der Waals surface area contributed by atoms with Gasteiger partial charge in [-0.3, -0.25) is 14.2 Å². The average Bonchev–Trinajstić information content (AvgIpc) is 2.78. The number of nitrogens with zero attached hydrogens (tertiary/aromatic N) is 1. The Balaban J connectivity index is 2.28. The minimum atomic E-state index is -0.273. The molecule has 21 heavy (non-hydrogen) atoms. The van der Waals surface area contributed by atoms with Crippen molar-refractivity contribution in [1.82, 2.24) is 4.57 Å². The maximum absolute atomic E-state index is 12.7. The fourth-order valence-electron chi connectivity index (χ4n) is 2.29. The molecule has 0 amide bonds. The van der Waals surface area contributed by atoms with Crippen LogP contribution in [0.15, 0.2) is 53.0 Å². The molecular weight excluding hydrogens is 354 g/mol. The summed E-state index contributed by atoms with van der Waals surface area (Å²) < 4.78 is 2.17. The zero-order valence-electron chi connectivity index (χ0n) is 10.7. The number of fused-ring (bicyclic) bond motifs is 1. The van der Waals surface area contributed by atoms with Gasteiger partial charge in [-0.2, -0.15) is 0 Å². The Kier molecular flexibility index (Phi) is 3.66. The summed E-state index contributed by atoms with van der Waals surface area (Å²) in [6, 6.07) is 14.2. The van der Waals surface area contributed by atoms with Gasteiger partial charge in [0.1, 0.15) is 5.15 Å². The fourth-order valence-corrected chi connectivity index (χ4v) is 3.01. The molecule has 0 fully saturated rings.